The zero-order chi connectivity index (χ0) is 48.7. The van der Waals surface area contributed by atoms with E-state index in [-0.39, 0.29) is 37.4 Å². The minimum Gasteiger partial charge on any atom is -0.480 e. The minimum absolute atomic E-state index is 0.0414. The Kier molecular flexibility index (Phi) is 18.4. The number of hydrogen-bond donors (Lipinski definition) is 4. The predicted octanol–water partition coefficient (Wildman–Crippen LogP) is 7.51. The maximum absolute atomic E-state index is 14.2. The lowest BCUT2D eigenvalue weighted by molar-refractivity contribution is -0.143. The van der Waals surface area contributed by atoms with Crippen LogP contribution in [0, 0.1) is 0 Å². The number of amides is 5. The number of benzene rings is 4. The van der Waals surface area contributed by atoms with Crippen molar-refractivity contribution in [1.29, 1.82) is 0 Å². The van der Waals surface area contributed by atoms with E-state index in [1.165, 1.54) is 37.0 Å². The Labute approximate surface area is 391 Å². The first kappa shape index (κ1) is 51.8. The molecule has 3 atom stereocenters. The molecule has 15 nitrogen and oxygen atoms in total. The molecule has 4 aromatic rings. The number of nitrogens with one attached hydrogen (secondary N) is 2. The molecule has 0 aliphatic rings. The Morgan fingerprint density at radius 3 is 1.67 bits per heavy atom. The van der Waals surface area contributed by atoms with Crippen LogP contribution in [0.3, 0.4) is 0 Å². The Morgan fingerprint density at radius 2 is 1.23 bits per heavy atom. The first-order valence-corrected chi connectivity index (χ1v) is 22.4. The fourth-order valence-corrected chi connectivity index (χ4v) is 8.46. The molecular weight excluding hydrogens is 863 g/mol. The Hall–Kier alpha value is -6.81. The Bertz CT molecular complexity index is 2170. The van der Waals surface area contributed by atoms with E-state index >= 15 is 0 Å². The fourth-order valence-electron chi connectivity index (χ4n) is 6.89. The van der Waals surface area contributed by atoms with Gasteiger partial charge >= 0.3 is 24.2 Å². The van der Waals surface area contributed by atoms with Crippen molar-refractivity contribution in [3.63, 3.8) is 0 Å². The van der Waals surface area contributed by atoms with E-state index in [0.29, 0.717) is 5.56 Å². The maximum atomic E-state index is 14.2. The van der Waals surface area contributed by atoms with E-state index in [1.54, 1.807) is 53.7 Å². The fraction of sp³-hybridized carbons (Fsp3) is 0.360. The molecule has 0 aliphatic heterocycles. The predicted molar refractivity (Wildman–Crippen MR) is 254 cm³/mol. The number of carbonyl (C=O) groups excluding carboxylic acids is 5. The van der Waals surface area contributed by atoms with Crippen molar-refractivity contribution in [2.45, 2.75) is 88.5 Å². The molecule has 4 rings (SSSR count). The SMILES string of the molecule is C=CCN(C(=O)OC(C)(C)C)[C@@H](Cc1ccc(OC(=O)NCCC(C(=O)N[C@@H](CSC(c2ccccc2)(c2ccccc2)c2ccccc2)C(N)=O)N(C)C(=O)OC(C)(C)C)cc1)C(=O)O. The molecule has 16 heteroatoms. The molecule has 0 fully saturated rings. The molecule has 0 spiro atoms. The summed E-state index contributed by atoms with van der Waals surface area (Å²) in [5, 5.41) is 15.4. The molecule has 0 radical (unpaired) electrons. The highest BCUT2D eigenvalue weighted by molar-refractivity contribution is 8.00. The third-order valence-corrected chi connectivity index (χ3v) is 11.6. The van der Waals surface area contributed by atoms with E-state index in [0.717, 1.165) is 26.5 Å². The van der Waals surface area contributed by atoms with Crippen LogP contribution in [0.15, 0.2) is 128 Å². The molecule has 352 valence electrons. The van der Waals surface area contributed by atoms with Crippen LogP contribution in [0.2, 0.25) is 0 Å². The van der Waals surface area contributed by atoms with Gasteiger partial charge in [0.15, 0.2) is 0 Å². The zero-order valence-corrected chi connectivity index (χ0v) is 39.3. The summed E-state index contributed by atoms with van der Waals surface area (Å²) in [5.41, 5.74) is 7.58. The van der Waals surface area contributed by atoms with Gasteiger partial charge in [0.2, 0.25) is 11.8 Å². The normalized spacial score (nSPS) is 12.9. The van der Waals surface area contributed by atoms with E-state index in [2.05, 4.69) is 17.2 Å². The Morgan fingerprint density at radius 1 is 0.742 bits per heavy atom. The summed E-state index contributed by atoms with van der Waals surface area (Å²) < 4.78 is 15.6. The molecule has 1 unspecified atom stereocenters. The van der Waals surface area contributed by atoms with Crippen molar-refractivity contribution in [2.24, 2.45) is 5.73 Å². The van der Waals surface area contributed by atoms with Gasteiger partial charge in [0.25, 0.3) is 0 Å². The maximum Gasteiger partial charge on any atom is 0.412 e. The van der Waals surface area contributed by atoms with Gasteiger partial charge in [0.1, 0.15) is 35.1 Å². The molecule has 0 aromatic heterocycles. The second-order valence-corrected chi connectivity index (χ2v) is 18.6. The van der Waals surface area contributed by atoms with Crippen LogP contribution < -0.4 is 21.1 Å². The van der Waals surface area contributed by atoms with E-state index in [9.17, 15) is 33.9 Å². The van der Waals surface area contributed by atoms with Gasteiger partial charge in [0, 0.05) is 32.3 Å². The van der Waals surface area contributed by atoms with Crippen LogP contribution in [-0.2, 0) is 35.0 Å². The van der Waals surface area contributed by atoms with Gasteiger partial charge in [0.05, 0.1) is 4.75 Å². The van der Waals surface area contributed by atoms with Crippen molar-refractivity contribution < 1.29 is 48.1 Å². The molecular formula is C50H61N5O10S. The second kappa shape index (κ2) is 23.4. The van der Waals surface area contributed by atoms with Gasteiger partial charge in [-0.2, -0.15) is 0 Å². The third-order valence-electron chi connectivity index (χ3n) is 9.98. The van der Waals surface area contributed by atoms with Crippen LogP contribution >= 0.6 is 11.8 Å². The summed E-state index contributed by atoms with van der Waals surface area (Å²) in [4.78, 5) is 81.0. The van der Waals surface area contributed by atoms with Crippen LogP contribution in [0.5, 0.6) is 5.75 Å². The molecule has 0 heterocycles. The van der Waals surface area contributed by atoms with Crippen molar-refractivity contribution in [3.8, 4) is 5.75 Å². The topological polar surface area (TPSA) is 207 Å². The van der Waals surface area contributed by atoms with Crippen molar-refractivity contribution in [3.05, 3.63) is 150 Å². The van der Waals surface area contributed by atoms with Gasteiger partial charge < -0.3 is 35.7 Å². The average Bonchev–Trinajstić information content (AvgIpc) is 3.26. The smallest absolute Gasteiger partial charge is 0.412 e. The molecule has 4 aromatic carbocycles. The number of nitrogens with two attached hydrogens (primary N) is 1. The van der Waals surface area contributed by atoms with Crippen LogP contribution in [-0.4, -0.2) is 106 Å². The lowest BCUT2D eigenvalue weighted by atomic mass is 9.84. The largest absolute Gasteiger partial charge is 0.480 e. The molecule has 66 heavy (non-hydrogen) atoms. The van der Waals surface area contributed by atoms with Crippen molar-refractivity contribution in [1.82, 2.24) is 20.4 Å². The van der Waals surface area contributed by atoms with Crippen molar-refractivity contribution in [2.75, 3.05) is 25.9 Å². The summed E-state index contributed by atoms with van der Waals surface area (Å²) in [6, 6.07) is 31.8. The van der Waals surface area contributed by atoms with Crippen molar-refractivity contribution >= 4 is 47.8 Å². The molecule has 0 saturated heterocycles. The van der Waals surface area contributed by atoms with E-state index in [1.807, 2.05) is 91.0 Å². The number of rotatable bonds is 20. The number of hydrogen-bond acceptors (Lipinski definition) is 10. The van der Waals surface area contributed by atoms with Crippen LogP contribution in [0.25, 0.3) is 0 Å². The van der Waals surface area contributed by atoms with Gasteiger partial charge in [-0.3, -0.25) is 19.4 Å². The molecule has 5 amide bonds. The highest BCUT2D eigenvalue weighted by atomic mass is 32.2. The number of likely N-dealkylation sites (N-methyl/N-ethyl adjacent to an activating group) is 1. The van der Waals surface area contributed by atoms with E-state index in [4.69, 9.17) is 19.9 Å². The van der Waals surface area contributed by atoms with Gasteiger partial charge in [-0.05, 0) is 82.3 Å². The monoisotopic (exact) mass is 923 g/mol. The van der Waals surface area contributed by atoms with Gasteiger partial charge in [-0.25, -0.2) is 19.2 Å². The molecule has 0 bridgehead atoms. The molecule has 0 aliphatic carbocycles. The number of nitrogens with zero attached hydrogens (tertiary/aromatic N) is 2. The summed E-state index contributed by atoms with van der Waals surface area (Å²) >= 11 is 1.43. The summed E-state index contributed by atoms with van der Waals surface area (Å²) in [6.07, 6.45) is -1.28. The van der Waals surface area contributed by atoms with Crippen LogP contribution in [0.1, 0.15) is 70.2 Å². The van der Waals surface area contributed by atoms with Gasteiger partial charge in [-0.1, -0.05) is 109 Å². The summed E-state index contributed by atoms with van der Waals surface area (Å²) in [7, 11) is 1.39. The second-order valence-electron chi connectivity index (χ2n) is 17.4. The number of aliphatic carboxylic acids is 1. The molecule has 0 saturated carbocycles. The summed E-state index contributed by atoms with van der Waals surface area (Å²) in [6.45, 7) is 13.5. The quantitative estimate of drug-likeness (QED) is 0.0504. The number of thioether (sulfide) groups is 1. The van der Waals surface area contributed by atoms with E-state index < -0.39 is 70.1 Å². The minimum atomic E-state index is -1.28. The first-order valence-electron chi connectivity index (χ1n) is 21.4. The highest BCUT2D eigenvalue weighted by Gasteiger charge is 2.39. The number of primary amides is 1. The lowest BCUT2D eigenvalue weighted by Crippen LogP contribution is -2.55. The lowest BCUT2D eigenvalue weighted by Gasteiger charge is -2.36. The number of carbonyl (C=O) groups is 6. The standard InChI is InChI=1S/C50H61N5O10S/c1-9-31-55(47(62)65-49(5,6)7)41(44(58)59)32-34-25-27-38(28-26-34)63-45(60)52-30-29-40(54(8)46(61)64-48(2,3)4)43(57)53-39(42(51)56)33-66-50(35-19-13-10-14-20-35,36-21-15-11-16-22-36)37-23-17-12-18-24-37/h9-28,39-41H,1,29-33H2,2-8H3,(H2,51,56)(H,52,60)(H,53,57)(H,58,59)/t39-,40?,41-/m0/s1. The number of ether oxygens (including phenoxy) is 3. The zero-order valence-electron chi connectivity index (χ0n) is 38.5. The average molecular weight is 924 g/mol. The van der Waals surface area contributed by atoms with Crippen LogP contribution in [0.4, 0.5) is 14.4 Å². The highest BCUT2D eigenvalue weighted by Crippen LogP contribution is 2.48. The number of carboxylic acid groups (broad SMARTS) is 1. The molecule has 5 N–H and O–H groups in total. The number of carboxylic acids is 1. The first-order chi connectivity index (χ1) is 31.1. The van der Waals surface area contributed by atoms with Gasteiger partial charge in [-0.15, -0.1) is 18.3 Å². The third kappa shape index (κ3) is 14.9. The summed E-state index contributed by atoms with van der Waals surface area (Å²) in [5.74, 6) is -2.58. The Balaban J connectivity index is 1.49.